The summed E-state index contributed by atoms with van der Waals surface area (Å²) < 4.78 is 32.9. The molecule has 2 aromatic rings. The van der Waals surface area contributed by atoms with Gasteiger partial charge < -0.3 is 44.0 Å². The van der Waals surface area contributed by atoms with E-state index in [0.717, 1.165) is 5.56 Å². The summed E-state index contributed by atoms with van der Waals surface area (Å²) in [4.78, 5) is 28.2. The number of alkyl carbamates (subject to hydrolysis) is 1. The van der Waals surface area contributed by atoms with Crippen molar-refractivity contribution in [3.63, 3.8) is 0 Å². The number of carbonyl (C=O) groups excluding carboxylic acids is 2. The molecule has 11 nitrogen and oxygen atoms in total. The zero-order valence-electron chi connectivity index (χ0n) is 24.9. The molecule has 41 heavy (non-hydrogen) atoms. The molecule has 1 fully saturated rings. The molecule has 0 aromatic heterocycles. The first-order valence-corrected chi connectivity index (χ1v) is 13.8. The number of benzene rings is 2. The molecule has 0 bridgehead atoms. The lowest BCUT2D eigenvalue weighted by molar-refractivity contribution is 0.0521. The molecule has 0 radical (unpaired) electrons. The van der Waals surface area contributed by atoms with Crippen molar-refractivity contribution in [3.8, 4) is 23.0 Å². The van der Waals surface area contributed by atoms with Crippen molar-refractivity contribution in [1.29, 1.82) is 0 Å². The number of hydrogen-bond donors (Lipinski definition) is 2. The molecule has 2 N–H and O–H groups in total. The van der Waals surface area contributed by atoms with Crippen LogP contribution in [0.2, 0.25) is 0 Å². The van der Waals surface area contributed by atoms with Gasteiger partial charge in [-0.05, 0) is 38.1 Å². The Bertz CT molecular complexity index is 1140. The molecule has 1 aliphatic rings. The highest BCUT2D eigenvalue weighted by atomic mass is 16.6. The molecule has 11 heteroatoms. The fourth-order valence-corrected chi connectivity index (χ4v) is 4.72. The third-order valence-corrected chi connectivity index (χ3v) is 6.92. The van der Waals surface area contributed by atoms with Gasteiger partial charge in [-0.15, -0.1) is 0 Å². The minimum absolute atomic E-state index is 0.0775. The highest BCUT2D eigenvalue weighted by Gasteiger charge is 2.34. The van der Waals surface area contributed by atoms with Crippen molar-refractivity contribution in [1.82, 2.24) is 15.5 Å². The van der Waals surface area contributed by atoms with Crippen LogP contribution in [-0.4, -0.2) is 90.3 Å². The van der Waals surface area contributed by atoms with Crippen LogP contribution in [0.5, 0.6) is 23.0 Å². The Labute approximate surface area is 242 Å². The van der Waals surface area contributed by atoms with Gasteiger partial charge in [-0.3, -0.25) is 4.79 Å². The number of methoxy groups -OCH3 is 4. The number of para-hydroxylation sites is 1. The molecule has 1 saturated heterocycles. The lowest BCUT2D eigenvalue weighted by Crippen LogP contribution is -2.44. The summed E-state index contributed by atoms with van der Waals surface area (Å²) in [5.41, 5.74) is 1.26. The predicted octanol–water partition coefficient (Wildman–Crippen LogP) is 3.49. The van der Waals surface area contributed by atoms with Gasteiger partial charge in [0.2, 0.25) is 0 Å². The number of nitrogens with zero attached hydrogens (tertiary/aromatic N) is 1. The molecule has 0 saturated carbocycles. The minimum Gasteiger partial charge on any atom is -0.493 e. The zero-order valence-corrected chi connectivity index (χ0v) is 24.9. The van der Waals surface area contributed by atoms with E-state index in [1.807, 2.05) is 26.0 Å². The van der Waals surface area contributed by atoms with Crippen LogP contribution in [-0.2, 0) is 16.0 Å². The van der Waals surface area contributed by atoms with Gasteiger partial charge in [0.25, 0.3) is 5.91 Å². The third-order valence-electron chi connectivity index (χ3n) is 6.92. The van der Waals surface area contributed by atoms with Crippen LogP contribution in [0.3, 0.4) is 0 Å². The molecule has 1 aliphatic heterocycles. The number of hydrogen-bond acceptors (Lipinski definition) is 9. The molecule has 0 spiro atoms. The average molecular weight is 574 g/mol. The first-order chi connectivity index (χ1) is 19.8. The Morgan fingerprint density at radius 3 is 2.44 bits per heavy atom. The van der Waals surface area contributed by atoms with Gasteiger partial charge in [0.05, 0.1) is 27.9 Å². The summed E-state index contributed by atoms with van der Waals surface area (Å²) in [7, 11) is 6.32. The minimum atomic E-state index is -0.540. The Morgan fingerprint density at radius 1 is 0.976 bits per heavy atom. The lowest BCUT2D eigenvalue weighted by atomic mass is 10.0. The molecule has 226 valence electrons. The summed E-state index contributed by atoms with van der Waals surface area (Å²) in [6, 6.07) is 10.6. The van der Waals surface area contributed by atoms with Crippen LogP contribution in [0.15, 0.2) is 36.4 Å². The summed E-state index contributed by atoms with van der Waals surface area (Å²) in [5, 5.41) is 6.09. The van der Waals surface area contributed by atoms with Crippen LogP contribution < -0.4 is 29.6 Å². The number of carbonyl (C=O) groups is 2. The van der Waals surface area contributed by atoms with E-state index in [1.54, 1.807) is 57.6 Å². The average Bonchev–Trinajstić information content (AvgIpc) is 3.42. The van der Waals surface area contributed by atoms with Crippen molar-refractivity contribution in [2.75, 3.05) is 61.3 Å². The fraction of sp³-hybridized carbons (Fsp3) is 0.533. The van der Waals surface area contributed by atoms with Crippen molar-refractivity contribution < 1.29 is 38.0 Å². The monoisotopic (exact) mass is 573 g/mol. The normalized spacial score (nSPS) is 16.3. The van der Waals surface area contributed by atoms with Crippen LogP contribution in [0.1, 0.15) is 36.2 Å². The molecule has 2 atom stereocenters. The summed E-state index contributed by atoms with van der Waals surface area (Å²) in [5.74, 6) is 1.99. The van der Waals surface area contributed by atoms with E-state index in [-0.39, 0.29) is 24.4 Å². The number of ether oxygens (including phenoxy) is 6. The molecule has 1 heterocycles. The first kappa shape index (κ1) is 31.8. The van der Waals surface area contributed by atoms with Gasteiger partial charge in [-0.25, -0.2) is 4.79 Å². The van der Waals surface area contributed by atoms with Crippen molar-refractivity contribution in [2.24, 2.45) is 5.92 Å². The van der Waals surface area contributed by atoms with Crippen LogP contribution in [0.25, 0.3) is 0 Å². The molecule has 0 aliphatic carbocycles. The zero-order chi connectivity index (χ0) is 29.8. The first-order valence-electron chi connectivity index (χ1n) is 13.8. The van der Waals surface area contributed by atoms with Gasteiger partial charge in [0, 0.05) is 69.4 Å². The number of amides is 2. The molecule has 2 aromatic carbocycles. The third kappa shape index (κ3) is 8.64. The molecular formula is C30H43N3O8. The van der Waals surface area contributed by atoms with Crippen molar-refractivity contribution >= 4 is 12.0 Å². The smallest absolute Gasteiger partial charge is 0.407 e. The summed E-state index contributed by atoms with van der Waals surface area (Å²) >= 11 is 0. The Morgan fingerprint density at radius 2 is 1.76 bits per heavy atom. The van der Waals surface area contributed by atoms with E-state index in [4.69, 9.17) is 28.4 Å². The van der Waals surface area contributed by atoms with E-state index >= 15 is 0 Å². The maximum absolute atomic E-state index is 13.7. The van der Waals surface area contributed by atoms with Gasteiger partial charge in [-0.2, -0.15) is 0 Å². The van der Waals surface area contributed by atoms with E-state index in [1.165, 1.54) is 0 Å². The SMILES string of the molecule is COCCCOc1cc(C(=O)N(C[C@@H]2CNC[C@H]2OC(=O)NCc2cccc(OC)c2OC)C(C)C)ccc1OC. The predicted molar refractivity (Wildman–Crippen MR) is 154 cm³/mol. The highest BCUT2D eigenvalue weighted by molar-refractivity contribution is 5.95. The fourth-order valence-electron chi connectivity index (χ4n) is 4.72. The largest absolute Gasteiger partial charge is 0.493 e. The van der Waals surface area contributed by atoms with Crippen LogP contribution in [0, 0.1) is 5.92 Å². The Balaban J connectivity index is 1.64. The topological polar surface area (TPSA) is 117 Å². The van der Waals surface area contributed by atoms with Gasteiger partial charge in [0.15, 0.2) is 23.0 Å². The Kier molecular flexibility index (Phi) is 12.4. The second kappa shape index (κ2) is 15.9. The highest BCUT2D eigenvalue weighted by Crippen LogP contribution is 2.31. The van der Waals surface area contributed by atoms with Crippen molar-refractivity contribution in [2.45, 2.75) is 39.0 Å². The quantitative estimate of drug-likeness (QED) is 0.309. The van der Waals surface area contributed by atoms with Gasteiger partial charge in [0.1, 0.15) is 6.10 Å². The van der Waals surface area contributed by atoms with E-state index in [2.05, 4.69) is 10.6 Å². The molecular weight excluding hydrogens is 530 g/mol. The number of rotatable bonds is 15. The van der Waals surface area contributed by atoms with Gasteiger partial charge >= 0.3 is 6.09 Å². The molecule has 0 unspecified atom stereocenters. The van der Waals surface area contributed by atoms with Crippen LogP contribution >= 0.6 is 0 Å². The lowest BCUT2D eigenvalue weighted by Gasteiger charge is -2.31. The second-order valence-electron chi connectivity index (χ2n) is 9.98. The summed E-state index contributed by atoms with van der Waals surface area (Å²) in [6.07, 6.45) is -0.222. The van der Waals surface area contributed by atoms with Gasteiger partial charge in [-0.1, -0.05) is 12.1 Å². The van der Waals surface area contributed by atoms with Crippen molar-refractivity contribution in [3.05, 3.63) is 47.5 Å². The van der Waals surface area contributed by atoms with E-state index in [0.29, 0.717) is 67.8 Å². The van der Waals surface area contributed by atoms with E-state index < -0.39 is 12.2 Å². The molecule has 3 rings (SSSR count). The van der Waals surface area contributed by atoms with Crippen LogP contribution in [0.4, 0.5) is 4.79 Å². The van der Waals surface area contributed by atoms with E-state index in [9.17, 15) is 9.59 Å². The second-order valence-corrected chi connectivity index (χ2v) is 9.98. The maximum atomic E-state index is 13.7. The Hall–Kier alpha value is -3.70. The standard InChI is InChI=1S/C30H43N3O8/c1-20(2)33(29(34)21-11-12-24(37-4)26(15-21)40-14-8-13-36-3)19-23-16-31-18-27(23)41-30(35)32-17-22-9-7-10-25(38-5)28(22)39-6/h7,9-12,15,20,23,27,31H,8,13-14,16-19H2,1-6H3,(H,32,35)/t23-,27+/m0/s1. The number of nitrogens with one attached hydrogen (secondary N) is 2. The summed E-state index contributed by atoms with van der Waals surface area (Å²) in [6.45, 7) is 6.71. The maximum Gasteiger partial charge on any atom is 0.407 e. The molecule has 2 amide bonds.